The Balaban J connectivity index is 2.72. The minimum atomic E-state index is -0.387. The lowest BCUT2D eigenvalue weighted by atomic mass is 10.1. The zero-order valence-corrected chi connectivity index (χ0v) is 12.4. The van der Waals surface area contributed by atoms with Crippen LogP contribution in [-0.2, 0) is 0 Å². The maximum Gasteiger partial charge on any atom is 0.283 e. The van der Waals surface area contributed by atoms with E-state index in [2.05, 4.69) is 35.1 Å². The number of benzene rings is 1. The highest BCUT2D eigenvalue weighted by Crippen LogP contribution is 2.28. The summed E-state index contributed by atoms with van der Waals surface area (Å²) in [6.45, 7) is 4.32. The molecule has 0 aliphatic rings. The van der Waals surface area contributed by atoms with Crippen molar-refractivity contribution >= 4 is 27.3 Å². The number of nitro groups is 1. The van der Waals surface area contributed by atoms with E-state index in [0.717, 1.165) is 18.5 Å². The summed E-state index contributed by atoms with van der Waals surface area (Å²) in [7, 11) is 0. The number of nitro benzene ring substituents is 1. The Labute approximate surface area is 116 Å². The number of nitrogens with one attached hydrogen (secondary N) is 1. The zero-order chi connectivity index (χ0) is 13.5. The van der Waals surface area contributed by atoms with Crippen LogP contribution in [0, 0.1) is 10.1 Å². The van der Waals surface area contributed by atoms with E-state index in [1.54, 1.807) is 12.1 Å². The van der Waals surface area contributed by atoms with Crippen molar-refractivity contribution < 1.29 is 4.92 Å². The van der Waals surface area contributed by atoms with Gasteiger partial charge in [-0.1, -0.05) is 26.7 Å². The molecule has 0 radical (unpaired) electrons. The van der Waals surface area contributed by atoms with Crippen LogP contribution in [0.4, 0.5) is 11.4 Å². The minimum Gasteiger partial charge on any atom is -0.382 e. The van der Waals surface area contributed by atoms with Gasteiger partial charge in [0.2, 0.25) is 0 Å². The Morgan fingerprint density at radius 3 is 2.67 bits per heavy atom. The number of rotatable bonds is 7. The van der Waals surface area contributed by atoms with Gasteiger partial charge >= 0.3 is 0 Å². The van der Waals surface area contributed by atoms with Crippen LogP contribution in [-0.4, -0.2) is 11.0 Å². The average Bonchev–Trinajstić information content (AvgIpc) is 2.34. The fourth-order valence-corrected chi connectivity index (χ4v) is 2.33. The fourth-order valence-electron chi connectivity index (χ4n) is 1.81. The van der Waals surface area contributed by atoms with Crippen LogP contribution in [0.2, 0.25) is 0 Å². The maximum absolute atomic E-state index is 10.7. The van der Waals surface area contributed by atoms with Crippen molar-refractivity contribution in [2.24, 2.45) is 0 Å². The zero-order valence-electron chi connectivity index (χ0n) is 10.8. The maximum atomic E-state index is 10.7. The summed E-state index contributed by atoms with van der Waals surface area (Å²) < 4.78 is 0.517. The molecule has 0 saturated carbocycles. The van der Waals surface area contributed by atoms with E-state index in [-0.39, 0.29) is 10.6 Å². The van der Waals surface area contributed by atoms with Crippen molar-refractivity contribution in [1.29, 1.82) is 0 Å². The van der Waals surface area contributed by atoms with E-state index in [9.17, 15) is 10.1 Å². The summed E-state index contributed by atoms with van der Waals surface area (Å²) in [5.41, 5.74) is 1.03. The third-order valence-corrected chi connectivity index (χ3v) is 3.55. The third kappa shape index (κ3) is 4.29. The molecule has 0 fully saturated rings. The number of hydrogen-bond donors (Lipinski definition) is 1. The van der Waals surface area contributed by atoms with E-state index >= 15 is 0 Å². The molecular formula is C13H19BrN2O2. The number of halogens is 1. The molecule has 0 aliphatic carbocycles. The van der Waals surface area contributed by atoms with Gasteiger partial charge < -0.3 is 5.32 Å². The Morgan fingerprint density at radius 2 is 2.17 bits per heavy atom. The van der Waals surface area contributed by atoms with Gasteiger partial charge in [-0.05, 0) is 40.9 Å². The Bertz CT molecular complexity index is 410. The van der Waals surface area contributed by atoms with Crippen LogP contribution >= 0.6 is 15.9 Å². The molecule has 0 saturated heterocycles. The van der Waals surface area contributed by atoms with E-state index in [1.807, 2.05) is 0 Å². The summed E-state index contributed by atoms with van der Waals surface area (Å²) in [5, 5.41) is 14.1. The second-order valence-electron chi connectivity index (χ2n) is 4.32. The topological polar surface area (TPSA) is 55.2 Å². The molecule has 0 heterocycles. The molecule has 100 valence electrons. The lowest BCUT2D eigenvalue weighted by molar-refractivity contribution is -0.385. The molecule has 18 heavy (non-hydrogen) atoms. The molecule has 0 spiro atoms. The van der Waals surface area contributed by atoms with Crippen LogP contribution in [0.1, 0.15) is 39.5 Å². The summed E-state index contributed by atoms with van der Waals surface area (Å²) >= 11 is 3.23. The molecule has 1 rings (SSSR count). The first-order valence-electron chi connectivity index (χ1n) is 6.29. The van der Waals surface area contributed by atoms with E-state index in [4.69, 9.17) is 0 Å². The van der Waals surface area contributed by atoms with Crippen LogP contribution in [0.15, 0.2) is 22.7 Å². The monoisotopic (exact) mass is 314 g/mol. The second-order valence-corrected chi connectivity index (χ2v) is 5.17. The molecular weight excluding hydrogens is 296 g/mol. The van der Waals surface area contributed by atoms with Crippen molar-refractivity contribution in [1.82, 2.24) is 0 Å². The molecule has 5 heteroatoms. The summed E-state index contributed by atoms with van der Waals surface area (Å²) in [6.07, 6.45) is 4.55. The Kier molecular flexibility index (Phi) is 6.12. The summed E-state index contributed by atoms with van der Waals surface area (Å²) in [6, 6.07) is 5.49. The smallest absolute Gasteiger partial charge is 0.283 e. The van der Waals surface area contributed by atoms with Crippen LogP contribution in [0.25, 0.3) is 0 Å². The van der Waals surface area contributed by atoms with Gasteiger partial charge in [0.1, 0.15) is 0 Å². The SMILES string of the molecule is CCCCC(CC)Nc1ccc([N+](=O)[O-])c(Br)c1. The van der Waals surface area contributed by atoms with Gasteiger partial charge in [0.05, 0.1) is 9.40 Å². The molecule has 0 aliphatic heterocycles. The highest BCUT2D eigenvalue weighted by Gasteiger charge is 2.13. The lowest BCUT2D eigenvalue weighted by Gasteiger charge is -2.18. The second kappa shape index (κ2) is 7.36. The van der Waals surface area contributed by atoms with Gasteiger partial charge in [-0.2, -0.15) is 0 Å². The predicted octanol–water partition coefficient (Wildman–Crippen LogP) is 4.74. The average molecular weight is 315 g/mol. The number of unbranched alkanes of at least 4 members (excludes halogenated alkanes) is 1. The molecule has 0 aromatic heterocycles. The Morgan fingerprint density at radius 1 is 1.44 bits per heavy atom. The van der Waals surface area contributed by atoms with Crippen molar-refractivity contribution in [3.8, 4) is 0 Å². The molecule has 4 nitrogen and oxygen atoms in total. The van der Waals surface area contributed by atoms with E-state index < -0.39 is 0 Å². The normalized spacial score (nSPS) is 12.2. The number of anilines is 1. The Hall–Kier alpha value is -1.10. The van der Waals surface area contributed by atoms with E-state index in [1.165, 1.54) is 18.9 Å². The van der Waals surface area contributed by atoms with Crippen molar-refractivity contribution in [3.05, 3.63) is 32.8 Å². The molecule has 0 amide bonds. The van der Waals surface area contributed by atoms with Gasteiger partial charge in [-0.3, -0.25) is 10.1 Å². The highest BCUT2D eigenvalue weighted by atomic mass is 79.9. The van der Waals surface area contributed by atoms with Gasteiger partial charge in [0.25, 0.3) is 5.69 Å². The van der Waals surface area contributed by atoms with Crippen molar-refractivity contribution in [2.45, 2.75) is 45.6 Å². The van der Waals surface area contributed by atoms with Crippen LogP contribution < -0.4 is 5.32 Å². The molecule has 1 aromatic rings. The first-order valence-corrected chi connectivity index (χ1v) is 7.08. The first kappa shape index (κ1) is 15.0. The largest absolute Gasteiger partial charge is 0.382 e. The lowest BCUT2D eigenvalue weighted by Crippen LogP contribution is -2.18. The van der Waals surface area contributed by atoms with Crippen LogP contribution in [0.3, 0.4) is 0 Å². The van der Waals surface area contributed by atoms with Crippen molar-refractivity contribution in [3.63, 3.8) is 0 Å². The molecule has 1 N–H and O–H groups in total. The molecule has 0 bridgehead atoms. The number of nitrogens with zero attached hydrogens (tertiary/aromatic N) is 1. The molecule has 1 aromatic carbocycles. The highest BCUT2D eigenvalue weighted by molar-refractivity contribution is 9.10. The standard InChI is InChI=1S/C13H19BrN2O2/c1-3-5-6-10(4-2)15-11-7-8-13(16(17)18)12(14)9-11/h7-10,15H,3-6H2,1-2H3. The molecule has 1 atom stereocenters. The van der Waals surface area contributed by atoms with Crippen molar-refractivity contribution in [2.75, 3.05) is 5.32 Å². The first-order chi connectivity index (χ1) is 8.58. The summed E-state index contributed by atoms with van der Waals surface area (Å²) in [5.74, 6) is 0. The summed E-state index contributed by atoms with van der Waals surface area (Å²) in [4.78, 5) is 10.3. The minimum absolute atomic E-state index is 0.0992. The quantitative estimate of drug-likeness (QED) is 0.584. The van der Waals surface area contributed by atoms with Gasteiger partial charge in [0.15, 0.2) is 0 Å². The predicted molar refractivity (Wildman–Crippen MR) is 78.0 cm³/mol. The fraction of sp³-hybridized carbons (Fsp3) is 0.538. The third-order valence-electron chi connectivity index (χ3n) is 2.91. The molecule has 1 unspecified atom stereocenters. The van der Waals surface area contributed by atoms with Gasteiger partial charge in [0, 0.05) is 17.8 Å². The van der Waals surface area contributed by atoms with Gasteiger partial charge in [-0.15, -0.1) is 0 Å². The van der Waals surface area contributed by atoms with Gasteiger partial charge in [-0.25, -0.2) is 0 Å². The van der Waals surface area contributed by atoms with Crippen LogP contribution in [0.5, 0.6) is 0 Å². The van der Waals surface area contributed by atoms with E-state index in [0.29, 0.717) is 10.5 Å². The number of hydrogen-bond acceptors (Lipinski definition) is 3.